The predicted octanol–water partition coefficient (Wildman–Crippen LogP) is 3.53. The second-order valence-electron chi connectivity index (χ2n) is 4.65. The maximum Gasteiger partial charge on any atom is 0.259 e. The van der Waals surface area contributed by atoms with E-state index in [1.807, 2.05) is 0 Å². The van der Waals surface area contributed by atoms with Gasteiger partial charge in [0.15, 0.2) is 0 Å². The maximum atomic E-state index is 12.0. The molecule has 0 atom stereocenters. The van der Waals surface area contributed by atoms with Crippen molar-refractivity contribution in [2.75, 3.05) is 6.54 Å². The fraction of sp³-hybridized carbons (Fsp3) is 0.0625. The highest BCUT2D eigenvalue weighted by Gasteiger charge is 2.12. The number of hydrogen-bond donors (Lipinski definition) is 2. The largest absolute Gasteiger partial charge is 0.343 e. The number of hydrogen-bond acceptors (Lipinski definition) is 3. The molecule has 0 spiro atoms. The van der Waals surface area contributed by atoms with Gasteiger partial charge in [0.05, 0.1) is 23.3 Å². The number of benzene rings is 2. The van der Waals surface area contributed by atoms with Crippen LogP contribution in [0.2, 0.25) is 15.1 Å². The lowest BCUT2D eigenvalue weighted by Crippen LogP contribution is -2.35. The van der Waals surface area contributed by atoms with Crippen molar-refractivity contribution in [3.8, 4) is 0 Å². The minimum Gasteiger partial charge on any atom is -0.343 e. The lowest BCUT2D eigenvalue weighted by atomic mass is 10.2. The van der Waals surface area contributed by atoms with Crippen LogP contribution in [-0.2, 0) is 4.79 Å². The van der Waals surface area contributed by atoms with E-state index in [0.717, 1.165) is 5.56 Å². The first-order valence-corrected chi connectivity index (χ1v) is 7.90. The van der Waals surface area contributed by atoms with Crippen LogP contribution in [0.5, 0.6) is 0 Å². The molecule has 5 nitrogen and oxygen atoms in total. The second-order valence-corrected chi connectivity index (χ2v) is 5.93. The SMILES string of the molecule is O=C(CNC(=O)c1cc(Cl)ccc1Cl)N/N=C\c1ccc(Cl)cc1. The zero-order chi connectivity index (χ0) is 17.5. The van der Waals surface area contributed by atoms with Gasteiger partial charge in [0.1, 0.15) is 0 Å². The first-order chi connectivity index (χ1) is 11.5. The summed E-state index contributed by atoms with van der Waals surface area (Å²) in [5.41, 5.74) is 3.27. The van der Waals surface area contributed by atoms with Gasteiger partial charge in [0.2, 0.25) is 0 Å². The molecule has 0 radical (unpaired) electrons. The summed E-state index contributed by atoms with van der Waals surface area (Å²) in [6.45, 7) is -0.250. The molecule has 2 rings (SSSR count). The zero-order valence-corrected chi connectivity index (χ0v) is 14.5. The van der Waals surface area contributed by atoms with E-state index in [1.54, 1.807) is 30.3 Å². The zero-order valence-electron chi connectivity index (χ0n) is 12.2. The number of halogens is 3. The van der Waals surface area contributed by atoms with Crippen LogP contribution in [0.25, 0.3) is 0 Å². The van der Waals surface area contributed by atoms with E-state index >= 15 is 0 Å². The predicted molar refractivity (Wildman–Crippen MR) is 96.0 cm³/mol. The van der Waals surface area contributed by atoms with Crippen LogP contribution in [0.1, 0.15) is 15.9 Å². The highest BCUT2D eigenvalue weighted by Crippen LogP contribution is 2.20. The average molecular weight is 385 g/mol. The average Bonchev–Trinajstić information content (AvgIpc) is 2.56. The molecule has 0 saturated carbocycles. The van der Waals surface area contributed by atoms with Crippen molar-refractivity contribution in [2.45, 2.75) is 0 Å². The first-order valence-electron chi connectivity index (χ1n) is 6.76. The van der Waals surface area contributed by atoms with Gasteiger partial charge in [0.25, 0.3) is 11.8 Å². The van der Waals surface area contributed by atoms with E-state index in [4.69, 9.17) is 34.8 Å². The maximum absolute atomic E-state index is 12.0. The van der Waals surface area contributed by atoms with Crippen molar-refractivity contribution in [1.82, 2.24) is 10.7 Å². The van der Waals surface area contributed by atoms with Crippen molar-refractivity contribution >= 4 is 52.8 Å². The monoisotopic (exact) mass is 383 g/mol. The molecule has 8 heteroatoms. The van der Waals surface area contributed by atoms with Crippen LogP contribution in [0.3, 0.4) is 0 Å². The summed E-state index contributed by atoms with van der Waals surface area (Å²) in [7, 11) is 0. The van der Waals surface area contributed by atoms with Gasteiger partial charge in [-0.25, -0.2) is 5.43 Å². The van der Waals surface area contributed by atoms with Gasteiger partial charge in [-0.15, -0.1) is 0 Å². The van der Waals surface area contributed by atoms with Crippen LogP contribution >= 0.6 is 34.8 Å². The molecule has 0 fully saturated rings. The topological polar surface area (TPSA) is 70.6 Å². The third-order valence-electron chi connectivity index (χ3n) is 2.86. The Balaban J connectivity index is 1.83. The van der Waals surface area contributed by atoms with Crippen molar-refractivity contribution < 1.29 is 9.59 Å². The summed E-state index contributed by atoms with van der Waals surface area (Å²) in [4.78, 5) is 23.6. The Kier molecular flexibility index (Phi) is 6.61. The highest BCUT2D eigenvalue weighted by atomic mass is 35.5. The molecule has 0 saturated heterocycles. The van der Waals surface area contributed by atoms with Gasteiger partial charge in [-0.3, -0.25) is 9.59 Å². The Morgan fingerprint density at radius 3 is 2.38 bits per heavy atom. The summed E-state index contributed by atoms with van der Waals surface area (Å²) < 4.78 is 0. The second kappa shape index (κ2) is 8.68. The molecule has 2 N–H and O–H groups in total. The van der Waals surface area contributed by atoms with Crippen molar-refractivity contribution in [3.05, 3.63) is 68.7 Å². The first kappa shape index (κ1) is 18.3. The van der Waals surface area contributed by atoms with E-state index in [-0.39, 0.29) is 17.1 Å². The van der Waals surface area contributed by atoms with Crippen LogP contribution in [0, 0.1) is 0 Å². The summed E-state index contributed by atoms with van der Waals surface area (Å²) >= 11 is 17.5. The van der Waals surface area contributed by atoms with Gasteiger partial charge >= 0.3 is 0 Å². The third-order valence-corrected chi connectivity index (χ3v) is 3.67. The quantitative estimate of drug-likeness (QED) is 0.611. The molecule has 0 aliphatic carbocycles. The van der Waals surface area contributed by atoms with Gasteiger partial charge in [-0.05, 0) is 35.9 Å². The van der Waals surface area contributed by atoms with Gasteiger partial charge in [0, 0.05) is 10.0 Å². The minimum absolute atomic E-state index is 0.196. The lowest BCUT2D eigenvalue weighted by Gasteiger charge is -2.06. The third kappa shape index (κ3) is 5.53. The molecule has 0 bridgehead atoms. The van der Waals surface area contributed by atoms with E-state index in [0.29, 0.717) is 10.0 Å². The Labute approximate surface area is 153 Å². The van der Waals surface area contributed by atoms with Gasteiger partial charge in [-0.2, -0.15) is 5.10 Å². The molecule has 0 aromatic heterocycles. The molecule has 2 aromatic rings. The molecule has 0 unspecified atom stereocenters. The molecule has 0 aliphatic rings. The summed E-state index contributed by atoms with van der Waals surface area (Å²) in [5.74, 6) is -0.981. The number of carbonyl (C=O) groups excluding carboxylic acids is 2. The number of rotatable bonds is 5. The van der Waals surface area contributed by atoms with E-state index in [1.165, 1.54) is 18.3 Å². The Bertz CT molecular complexity index is 777. The van der Waals surface area contributed by atoms with Crippen molar-refractivity contribution in [1.29, 1.82) is 0 Å². The van der Waals surface area contributed by atoms with E-state index in [2.05, 4.69) is 15.8 Å². The van der Waals surface area contributed by atoms with E-state index < -0.39 is 11.8 Å². The van der Waals surface area contributed by atoms with Crippen LogP contribution in [0.4, 0.5) is 0 Å². The number of nitrogens with one attached hydrogen (secondary N) is 2. The number of carbonyl (C=O) groups is 2. The molecule has 2 aromatic carbocycles. The number of nitrogens with zero attached hydrogens (tertiary/aromatic N) is 1. The smallest absolute Gasteiger partial charge is 0.259 e. The molecule has 0 heterocycles. The lowest BCUT2D eigenvalue weighted by molar-refractivity contribution is -0.120. The van der Waals surface area contributed by atoms with Crippen LogP contribution in [0.15, 0.2) is 47.6 Å². The van der Waals surface area contributed by atoms with Crippen molar-refractivity contribution in [3.63, 3.8) is 0 Å². The van der Waals surface area contributed by atoms with Gasteiger partial charge < -0.3 is 5.32 Å². The molecular weight excluding hydrogens is 373 g/mol. The fourth-order valence-corrected chi connectivity index (χ4v) is 2.20. The summed E-state index contributed by atoms with van der Waals surface area (Å²) in [6, 6.07) is 11.4. The Morgan fingerprint density at radius 1 is 1.00 bits per heavy atom. The normalized spacial score (nSPS) is 10.6. The van der Waals surface area contributed by atoms with Crippen LogP contribution in [-0.4, -0.2) is 24.6 Å². The van der Waals surface area contributed by atoms with Crippen molar-refractivity contribution in [2.24, 2.45) is 5.10 Å². The fourth-order valence-electron chi connectivity index (χ4n) is 1.69. The summed E-state index contributed by atoms with van der Waals surface area (Å²) in [5, 5.41) is 7.46. The molecule has 0 aliphatic heterocycles. The molecule has 124 valence electrons. The molecule has 24 heavy (non-hydrogen) atoms. The summed E-state index contributed by atoms with van der Waals surface area (Å²) in [6.07, 6.45) is 1.46. The number of amides is 2. The van der Waals surface area contributed by atoms with Crippen LogP contribution < -0.4 is 10.7 Å². The number of hydrazone groups is 1. The minimum atomic E-state index is -0.501. The standard InChI is InChI=1S/C16H12Cl3N3O2/c17-11-3-1-10(2-4-11)8-21-22-15(23)9-20-16(24)13-7-12(18)5-6-14(13)19/h1-8H,9H2,(H,20,24)(H,22,23)/b21-8-. The van der Waals surface area contributed by atoms with Gasteiger partial charge in [-0.1, -0.05) is 46.9 Å². The molecule has 2 amide bonds. The Morgan fingerprint density at radius 2 is 1.67 bits per heavy atom. The van der Waals surface area contributed by atoms with E-state index in [9.17, 15) is 9.59 Å². The molecular formula is C16H12Cl3N3O2. The highest BCUT2D eigenvalue weighted by molar-refractivity contribution is 6.35. The Hall–Kier alpha value is -2.08.